The van der Waals surface area contributed by atoms with Crippen molar-refractivity contribution in [1.82, 2.24) is 9.78 Å². The lowest BCUT2D eigenvalue weighted by Crippen LogP contribution is -2.34. The number of hydrogen-bond donors (Lipinski definition) is 1. The average molecular weight is 287 g/mol. The first-order valence-electron chi connectivity index (χ1n) is 7.19. The summed E-state index contributed by atoms with van der Waals surface area (Å²) in [6.07, 6.45) is 0.764. The molecule has 114 valence electrons. The highest BCUT2D eigenvalue weighted by atomic mass is 16.5. The second kappa shape index (κ2) is 5.53. The topological polar surface area (TPSA) is 53.1 Å². The molecule has 2 N–H and O–H groups in total. The summed E-state index contributed by atoms with van der Waals surface area (Å²) in [4.78, 5) is 0. The van der Waals surface area contributed by atoms with E-state index >= 15 is 0 Å². The molecule has 0 fully saturated rings. The Morgan fingerprint density at radius 1 is 1.29 bits per heavy atom. The fourth-order valence-electron chi connectivity index (χ4n) is 2.72. The first-order chi connectivity index (χ1) is 9.73. The predicted octanol–water partition coefficient (Wildman–Crippen LogP) is 2.99. The first-order valence-corrected chi connectivity index (χ1v) is 7.19. The van der Waals surface area contributed by atoms with Crippen LogP contribution in [0.4, 0.5) is 0 Å². The Kier molecular flexibility index (Phi) is 4.10. The van der Waals surface area contributed by atoms with Gasteiger partial charge in [-0.25, -0.2) is 0 Å². The molecule has 1 aromatic heterocycles. The second-order valence-electron chi connectivity index (χ2n) is 6.37. The largest absolute Gasteiger partial charge is 0.496 e. The molecule has 0 aliphatic heterocycles. The maximum absolute atomic E-state index is 6.17. The van der Waals surface area contributed by atoms with Gasteiger partial charge in [0.25, 0.3) is 0 Å². The van der Waals surface area contributed by atoms with Crippen molar-refractivity contribution in [3.63, 3.8) is 0 Å². The van der Waals surface area contributed by atoms with E-state index in [2.05, 4.69) is 24.2 Å². The molecule has 0 spiro atoms. The summed E-state index contributed by atoms with van der Waals surface area (Å²) in [5.74, 6) is 0.883. The van der Waals surface area contributed by atoms with Gasteiger partial charge in [0.2, 0.25) is 0 Å². The Bertz CT molecular complexity index is 651. The maximum atomic E-state index is 6.17. The summed E-state index contributed by atoms with van der Waals surface area (Å²) < 4.78 is 7.40. The lowest BCUT2D eigenvalue weighted by Gasteiger charge is -2.21. The van der Waals surface area contributed by atoms with Crippen molar-refractivity contribution in [1.29, 1.82) is 0 Å². The molecule has 4 heteroatoms. The van der Waals surface area contributed by atoms with Crippen molar-refractivity contribution in [3.8, 4) is 17.0 Å². The quantitative estimate of drug-likeness (QED) is 0.940. The highest BCUT2D eigenvalue weighted by Gasteiger charge is 2.18. The number of ether oxygens (including phenoxy) is 1. The first kappa shape index (κ1) is 15.6. The summed E-state index contributed by atoms with van der Waals surface area (Å²) in [5, 5.41) is 4.49. The molecule has 0 bridgehead atoms. The molecule has 0 saturated heterocycles. The van der Waals surface area contributed by atoms with Crippen LogP contribution >= 0.6 is 0 Å². The maximum Gasteiger partial charge on any atom is 0.122 e. The van der Waals surface area contributed by atoms with Crippen molar-refractivity contribution in [3.05, 3.63) is 35.0 Å². The van der Waals surface area contributed by atoms with Crippen LogP contribution in [0.2, 0.25) is 0 Å². The third-order valence-corrected chi connectivity index (χ3v) is 3.72. The number of hydrogen-bond acceptors (Lipinski definition) is 3. The van der Waals surface area contributed by atoms with Gasteiger partial charge in [0, 0.05) is 18.2 Å². The predicted molar refractivity (Wildman–Crippen MR) is 86.6 cm³/mol. The smallest absolute Gasteiger partial charge is 0.122 e. The Hall–Kier alpha value is -1.81. The average Bonchev–Trinajstić information content (AvgIpc) is 2.61. The summed E-state index contributed by atoms with van der Waals surface area (Å²) in [7, 11) is 3.67. The molecule has 2 aromatic rings. The van der Waals surface area contributed by atoms with Gasteiger partial charge in [-0.05, 0) is 63.4 Å². The molecule has 0 amide bonds. The second-order valence-corrected chi connectivity index (χ2v) is 6.37. The summed E-state index contributed by atoms with van der Waals surface area (Å²) in [5.41, 5.74) is 11.6. The molecular formula is C17H25N3O. The molecule has 0 aliphatic carbocycles. The van der Waals surface area contributed by atoms with E-state index in [-0.39, 0.29) is 5.54 Å². The number of methoxy groups -OCH3 is 1. The van der Waals surface area contributed by atoms with Crippen molar-refractivity contribution in [2.24, 2.45) is 12.8 Å². The fraction of sp³-hybridized carbons (Fsp3) is 0.471. The summed E-state index contributed by atoms with van der Waals surface area (Å²) >= 11 is 0. The van der Waals surface area contributed by atoms with Crippen LogP contribution in [-0.2, 0) is 13.5 Å². The Morgan fingerprint density at radius 2 is 1.95 bits per heavy atom. The van der Waals surface area contributed by atoms with Crippen LogP contribution in [0.5, 0.6) is 5.75 Å². The Labute approximate surface area is 126 Å². The Balaban J connectivity index is 2.54. The van der Waals surface area contributed by atoms with Gasteiger partial charge in [0.05, 0.1) is 18.5 Å². The zero-order valence-corrected chi connectivity index (χ0v) is 13.8. The minimum absolute atomic E-state index is 0.274. The standard InChI is InChI=1S/C17H25N3O/c1-11-12(2)19-20(5)16(11)13-7-8-15(21-6)14(9-13)10-17(3,4)18/h7-9H,10,18H2,1-6H3. The van der Waals surface area contributed by atoms with Crippen molar-refractivity contribution < 1.29 is 4.74 Å². The van der Waals surface area contributed by atoms with Crippen LogP contribution in [0, 0.1) is 13.8 Å². The van der Waals surface area contributed by atoms with E-state index in [1.165, 1.54) is 5.56 Å². The van der Waals surface area contributed by atoms with E-state index in [0.29, 0.717) is 0 Å². The third-order valence-electron chi connectivity index (χ3n) is 3.72. The molecule has 2 rings (SSSR count). The molecule has 0 radical (unpaired) electrons. The molecule has 0 unspecified atom stereocenters. The van der Waals surface area contributed by atoms with Crippen LogP contribution < -0.4 is 10.5 Å². The van der Waals surface area contributed by atoms with Gasteiger partial charge < -0.3 is 10.5 Å². The van der Waals surface area contributed by atoms with Gasteiger partial charge in [-0.3, -0.25) is 4.68 Å². The molecule has 4 nitrogen and oxygen atoms in total. The number of nitrogens with two attached hydrogens (primary N) is 1. The lowest BCUT2D eigenvalue weighted by molar-refractivity contribution is 0.402. The molecule has 0 aliphatic rings. The number of rotatable bonds is 4. The van der Waals surface area contributed by atoms with Crippen LogP contribution in [0.1, 0.15) is 30.7 Å². The van der Waals surface area contributed by atoms with E-state index in [9.17, 15) is 0 Å². The summed E-state index contributed by atoms with van der Waals surface area (Å²) in [6, 6.07) is 6.25. The van der Waals surface area contributed by atoms with E-state index in [4.69, 9.17) is 10.5 Å². The number of nitrogens with zero attached hydrogens (tertiary/aromatic N) is 2. The van der Waals surface area contributed by atoms with E-state index < -0.39 is 0 Å². The molecule has 21 heavy (non-hydrogen) atoms. The van der Waals surface area contributed by atoms with Crippen LogP contribution in [0.15, 0.2) is 18.2 Å². The van der Waals surface area contributed by atoms with Crippen LogP contribution in [0.3, 0.4) is 0 Å². The van der Waals surface area contributed by atoms with Crippen LogP contribution in [-0.4, -0.2) is 22.4 Å². The van der Waals surface area contributed by atoms with Crippen molar-refractivity contribution >= 4 is 0 Å². The molecule has 1 aromatic carbocycles. The molecule has 1 heterocycles. The monoisotopic (exact) mass is 287 g/mol. The fourth-order valence-corrected chi connectivity index (χ4v) is 2.72. The highest BCUT2D eigenvalue weighted by Crippen LogP contribution is 2.31. The van der Waals surface area contributed by atoms with Gasteiger partial charge in [-0.15, -0.1) is 0 Å². The van der Waals surface area contributed by atoms with Crippen LogP contribution in [0.25, 0.3) is 11.3 Å². The van der Waals surface area contributed by atoms with Gasteiger partial charge >= 0.3 is 0 Å². The van der Waals surface area contributed by atoms with E-state index in [1.54, 1.807) is 7.11 Å². The van der Waals surface area contributed by atoms with Crippen molar-refractivity contribution in [2.75, 3.05) is 7.11 Å². The zero-order chi connectivity index (χ0) is 15.8. The van der Waals surface area contributed by atoms with Gasteiger partial charge in [0.15, 0.2) is 0 Å². The van der Waals surface area contributed by atoms with Gasteiger partial charge in [-0.1, -0.05) is 0 Å². The highest BCUT2D eigenvalue weighted by molar-refractivity contribution is 5.66. The van der Waals surface area contributed by atoms with E-state index in [0.717, 1.165) is 34.7 Å². The molecular weight excluding hydrogens is 262 g/mol. The van der Waals surface area contributed by atoms with Crippen molar-refractivity contribution in [2.45, 2.75) is 39.7 Å². The number of benzene rings is 1. The zero-order valence-electron chi connectivity index (χ0n) is 13.8. The lowest BCUT2D eigenvalue weighted by atomic mass is 9.93. The van der Waals surface area contributed by atoms with Gasteiger partial charge in [0.1, 0.15) is 5.75 Å². The SMILES string of the molecule is COc1ccc(-c2c(C)c(C)nn2C)cc1CC(C)(C)N. The number of aryl methyl sites for hydroxylation is 2. The van der Waals surface area contributed by atoms with E-state index in [1.807, 2.05) is 38.6 Å². The minimum atomic E-state index is -0.274. The molecule has 0 atom stereocenters. The third kappa shape index (κ3) is 3.27. The normalized spacial score (nSPS) is 11.8. The summed E-state index contributed by atoms with van der Waals surface area (Å²) in [6.45, 7) is 8.19. The van der Waals surface area contributed by atoms with Gasteiger partial charge in [-0.2, -0.15) is 5.10 Å². The molecule has 0 saturated carbocycles. The minimum Gasteiger partial charge on any atom is -0.496 e. The number of aromatic nitrogens is 2. The Morgan fingerprint density at radius 3 is 2.43 bits per heavy atom.